The number of nitrogens with two attached hydrogens (primary N) is 1. The Balaban J connectivity index is 1.91. The molecule has 0 aromatic heterocycles. The summed E-state index contributed by atoms with van der Waals surface area (Å²) in [6.07, 6.45) is 0. The molecule has 3 N–H and O–H groups in total. The number of anilines is 2. The third kappa shape index (κ3) is 4.43. The number of rotatable bonds is 4. The summed E-state index contributed by atoms with van der Waals surface area (Å²) in [5.74, 6) is -1.72. The van der Waals surface area contributed by atoms with Gasteiger partial charge >= 0.3 is 5.97 Å². The molecule has 0 atom stereocenters. The van der Waals surface area contributed by atoms with E-state index in [1.165, 1.54) is 30.3 Å². The van der Waals surface area contributed by atoms with E-state index in [1.807, 2.05) is 0 Å². The predicted molar refractivity (Wildman–Crippen MR) is 85.9 cm³/mol. The van der Waals surface area contributed by atoms with Gasteiger partial charge in [0.15, 0.2) is 6.61 Å². The van der Waals surface area contributed by atoms with Crippen LogP contribution in [0, 0.1) is 12.7 Å². The van der Waals surface area contributed by atoms with E-state index in [4.69, 9.17) is 22.1 Å². The first-order valence-electron chi connectivity index (χ1n) is 6.65. The topological polar surface area (TPSA) is 81.4 Å². The van der Waals surface area contributed by atoms with Gasteiger partial charge in [-0.25, -0.2) is 9.18 Å². The van der Waals surface area contributed by atoms with Crippen molar-refractivity contribution in [3.05, 3.63) is 58.4 Å². The number of nitrogen functional groups attached to an aromatic ring is 1. The van der Waals surface area contributed by atoms with Crippen molar-refractivity contribution in [3.8, 4) is 0 Å². The molecule has 2 rings (SSSR count). The largest absolute Gasteiger partial charge is 0.452 e. The van der Waals surface area contributed by atoms with Gasteiger partial charge in [-0.2, -0.15) is 0 Å². The smallest absolute Gasteiger partial charge is 0.338 e. The third-order valence-electron chi connectivity index (χ3n) is 3.02. The summed E-state index contributed by atoms with van der Waals surface area (Å²) in [5, 5.41) is 2.76. The summed E-state index contributed by atoms with van der Waals surface area (Å²) in [6, 6.07) is 8.54. The maximum absolute atomic E-state index is 13.4. The molecule has 0 radical (unpaired) electrons. The van der Waals surface area contributed by atoms with Crippen LogP contribution < -0.4 is 11.1 Å². The van der Waals surface area contributed by atoms with Crippen molar-refractivity contribution < 1.29 is 18.7 Å². The van der Waals surface area contributed by atoms with Crippen LogP contribution in [0.3, 0.4) is 0 Å². The number of nitrogens with one attached hydrogen (secondary N) is 1. The molecule has 120 valence electrons. The summed E-state index contributed by atoms with van der Waals surface area (Å²) >= 11 is 5.76. The fourth-order valence-electron chi connectivity index (χ4n) is 1.75. The van der Waals surface area contributed by atoms with Gasteiger partial charge in [0.25, 0.3) is 5.91 Å². The number of carbonyl (C=O) groups is 2. The van der Waals surface area contributed by atoms with Gasteiger partial charge in [0.05, 0.1) is 16.3 Å². The van der Waals surface area contributed by atoms with Crippen molar-refractivity contribution >= 4 is 34.9 Å². The van der Waals surface area contributed by atoms with Crippen LogP contribution in [-0.2, 0) is 9.53 Å². The lowest BCUT2D eigenvalue weighted by atomic mass is 10.2. The number of carbonyl (C=O) groups excluding carboxylic acids is 2. The van der Waals surface area contributed by atoms with E-state index < -0.39 is 24.3 Å². The number of halogens is 2. The van der Waals surface area contributed by atoms with Crippen LogP contribution in [0.1, 0.15) is 15.9 Å². The van der Waals surface area contributed by atoms with Crippen LogP contribution in [0.25, 0.3) is 0 Å². The molecule has 5 nitrogen and oxygen atoms in total. The van der Waals surface area contributed by atoms with Gasteiger partial charge in [-0.1, -0.05) is 17.7 Å². The number of hydrogen-bond acceptors (Lipinski definition) is 4. The quantitative estimate of drug-likeness (QED) is 0.663. The molecule has 0 aliphatic carbocycles. The summed E-state index contributed by atoms with van der Waals surface area (Å²) in [5.41, 5.74) is 6.76. The molecule has 0 unspecified atom stereocenters. The average Bonchev–Trinajstić information content (AvgIpc) is 2.51. The molecule has 7 heteroatoms. The second-order valence-electron chi connectivity index (χ2n) is 4.82. The first kappa shape index (κ1) is 16.8. The van der Waals surface area contributed by atoms with Crippen molar-refractivity contribution in [1.29, 1.82) is 0 Å². The number of amides is 1. The Bertz CT molecular complexity index is 765. The highest BCUT2D eigenvalue weighted by molar-refractivity contribution is 6.33. The minimum Gasteiger partial charge on any atom is -0.452 e. The third-order valence-corrected chi connectivity index (χ3v) is 3.37. The first-order chi connectivity index (χ1) is 10.9. The highest BCUT2D eigenvalue weighted by Crippen LogP contribution is 2.20. The molecule has 0 bridgehead atoms. The molecule has 0 aliphatic rings. The van der Waals surface area contributed by atoms with Gasteiger partial charge in [-0.15, -0.1) is 0 Å². The number of ether oxygens (including phenoxy) is 1. The lowest BCUT2D eigenvalue weighted by Gasteiger charge is -2.08. The Kier molecular flexibility index (Phi) is 5.18. The van der Waals surface area contributed by atoms with Crippen LogP contribution in [0.15, 0.2) is 36.4 Å². The van der Waals surface area contributed by atoms with Gasteiger partial charge in [0.2, 0.25) is 0 Å². The Labute approximate surface area is 137 Å². The van der Waals surface area contributed by atoms with E-state index in [0.717, 1.165) is 0 Å². The molecule has 0 fully saturated rings. The van der Waals surface area contributed by atoms with Crippen molar-refractivity contribution in [3.63, 3.8) is 0 Å². The van der Waals surface area contributed by atoms with Gasteiger partial charge in [0, 0.05) is 5.69 Å². The molecule has 2 aromatic carbocycles. The zero-order chi connectivity index (χ0) is 17.0. The molecule has 0 saturated carbocycles. The Morgan fingerprint density at radius 3 is 2.65 bits per heavy atom. The summed E-state index contributed by atoms with van der Waals surface area (Å²) < 4.78 is 18.2. The van der Waals surface area contributed by atoms with Gasteiger partial charge in [-0.05, 0) is 42.8 Å². The molecule has 23 heavy (non-hydrogen) atoms. The van der Waals surface area contributed by atoms with E-state index >= 15 is 0 Å². The predicted octanol–water partition coefficient (Wildman–Crippen LogP) is 3.17. The zero-order valence-electron chi connectivity index (χ0n) is 12.2. The van der Waals surface area contributed by atoms with E-state index in [-0.39, 0.29) is 16.9 Å². The Morgan fingerprint density at radius 2 is 2.00 bits per heavy atom. The summed E-state index contributed by atoms with van der Waals surface area (Å²) in [6.45, 7) is 1.11. The monoisotopic (exact) mass is 336 g/mol. The zero-order valence-corrected chi connectivity index (χ0v) is 13.0. The molecule has 0 saturated heterocycles. The SMILES string of the molecule is Cc1ccc(NC(=O)COC(=O)c2ccc(Cl)c(N)c2)cc1F. The van der Waals surface area contributed by atoms with Crippen LogP contribution in [-0.4, -0.2) is 18.5 Å². The first-order valence-corrected chi connectivity index (χ1v) is 7.03. The van der Waals surface area contributed by atoms with Gasteiger partial charge in [0.1, 0.15) is 5.82 Å². The minimum absolute atomic E-state index is 0.182. The van der Waals surface area contributed by atoms with Gasteiger partial charge < -0.3 is 15.8 Å². The fraction of sp³-hybridized carbons (Fsp3) is 0.125. The number of hydrogen-bond donors (Lipinski definition) is 2. The number of benzene rings is 2. The van der Waals surface area contributed by atoms with E-state index in [0.29, 0.717) is 10.6 Å². The second-order valence-corrected chi connectivity index (χ2v) is 5.23. The maximum atomic E-state index is 13.4. The second kappa shape index (κ2) is 7.11. The molecule has 1 amide bonds. The average molecular weight is 337 g/mol. The highest BCUT2D eigenvalue weighted by Gasteiger charge is 2.12. The van der Waals surface area contributed by atoms with Crippen LogP contribution in [0.4, 0.5) is 15.8 Å². The van der Waals surface area contributed by atoms with Crippen LogP contribution in [0.2, 0.25) is 5.02 Å². The lowest BCUT2D eigenvalue weighted by molar-refractivity contribution is -0.119. The van der Waals surface area contributed by atoms with E-state index in [1.54, 1.807) is 13.0 Å². The molecular weight excluding hydrogens is 323 g/mol. The van der Waals surface area contributed by atoms with Crippen molar-refractivity contribution in [1.82, 2.24) is 0 Å². The normalized spacial score (nSPS) is 10.2. The lowest BCUT2D eigenvalue weighted by Crippen LogP contribution is -2.21. The van der Waals surface area contributed by atoms with Gasteiger partial charge in [-0.3, -0.25) is 4.79 Å². The molecular formula is C16H14ClFN2O3. The Morgan fingerprint density at radius 1 is 1.26 bits per heavy atom. The van der Waals surface area contributed by atoms with E-state index in [2.05, 4.69) is 5.32 Å². The van der Waals surface area contributed by atoms with Crippen LogP contribution >= 0.6 is 11.6 Å². The maximum Gasteiger partial charge on any atom is 0.338 e. The highest BCUT2D eigenvalue weighted by atomic mass is 35.5. The fourth-order valence-corrected chi connectivity index (χ4v) is 1.87. The summed E-state index contributed by atoms with van der Waals surface area (Å²) in [4.78, 5) is 23.5. The number of aryl methyl sites for hydroxylation is 1. The molecule has 0 aliphatic heterocycles. The van der Waals surface area contributed by atoms with Crippen LogP contribution in [0.5, 0.6) is 0 Å². The number of esters is 1. The minimum atomic E-state index is -0.710. The molecule has 0 heterocycles. The standard InChI is InChI=1S/C16H14ClFN2O3/c1-9-2-4-11(7-13(9)18)20-15(21)8-23-16(22)10-3-5-12(17)14(19)6-10/h2-7H,8,19H2,1H3,(H,20,21). The van der Waals surface area contributed by atoms with Crippen molar-refractivity contribution in [2.45, 2.75) is 6.92 Å². The summed E-state index contributed by atoms with van der Waals surface area (Å²) in [7, 11) is 0. The Hall–Kier alpha value is -2.60. The van der Waals surface area contributed by atoms with E-state index in [9.17, 15) is 14.0 Å². The van der Waals surface area contributed by atoms with Crippen molar-refractivity contribution in [2.24, 2.45) is 0 Å². The van der Waals surface area contributed by atoms with Crippen molar-refractivity contribution in [2.75, 3.05) is 17.7 Å². The molecule has 2 aromatic rings. The molecule has 0 spiro atoms.